The summed E-state index contributed by atoms with van der Waals surface area (Å²) in [7, 11) is 0. The summed E-state index contributed by atoms with van der Waals surface area (Å²) in [5.74, 6) is -0.890. The van der Waals surface area contributed by atoms with Crippen molar-refractivity contribution in [2.45, 2.75) is 44.6 Å². The Balaban J connectivity index is 1.48. The van der Waals surface area contributed by atoms with Crippen molar-refractivity contribution in [3.63, 3.8) is 0 Å². The summed E-state index contributed by atoms with van der Waals surface area (Å²) in [5, 5.41) is 9.39. The Morgan fingerprint density at radius 3 is 2.73 bits per heavy atom. The van der Waals surface area contributed by atoms with Gasteiger partial charge < -0.3 is 14.8 Å². The Morgan fingerprint density at radius 1 is 1.19 bits per heavy atom. The molecule has 0 aromatic carbocycles. The standard InChI is InChI=1S/C23H21F3N8O3/c1-12-8-29-17(10-28-12)31-21(35)16(11-36-13-4-2-5-13)37-22-14-9-30-34-19(14)32-20(33-22)18-15(23(24,25)26)6-3-7-27-18/h3,6-10,13,16H,2,4-5,11H2,1H3,(H,29,31,35)(H,30,32,33,34)/t16-/m0/s1. The predicted octanol–water partition coefficient (Wildman–Crippen LogP) is 3.49. The van der Waals surface area contributed by atoms with Gasteiger partial charge in [0.2, 0.25) is 12.0 Å². The molecule has 2 N–H and O–H groups in total. The maximum Gasteiger partial charge on any atom is 0.418 e. The van der Waals surface area contributed by atoms with Crippen LogP contribution in [0.2, 0.25) is 0 Å². The predicted molar refractivity (Wildman–Crippen MR) is 123 cm³/mol. The number of hydrogen-bond donors (Lipinski definition) is 2. The van der Waals surface area contributed by atoms with Crippen molar-refractivity contribution in [3.8, 4) is 17.4 Å². The summed E-state index contributed by atoms with van der Waals surface area (Å²) in [4.78, 5) is 33.5. The Labute approximate surface area is 207 Å². The van der Waals surface area contributed by atoms with Gasteiger partial charge in [0.05, 0.1) is 42.6 Å². The molecule has 4 aromatic heterocycles. The van der Waals surface area contributed by atoms with E-state index in [1.807, 2.05) is 0 Å². The lowest BCUT2D eigenvalue weighted by Gasteiger charge is -2.27. The SMILES string of the molecule is Cc1cnc(NC(=O)[C@H](COC2CCC2)Oc2nc(-c3ncccc3C(F)(F)F)nc3[nH]ncc23)cn1. The van der Waals surface area contributed by atoms with Crippen LogP contribution in [0.3, 0.4) is 0 Å². The van der Waals surface area contributed by atoms with Gasteiger partial charge in [-0.2, -0.15) is 23.3 Å². The number of carbonyl (C=O) groups is 1. The molecule has 37 heavy (non-hydrogen) atoms. The molecule has 1 saturated carbocycles. The van der Waals surface area contributed by atoms with Gasteiger partial charge >= 0.3 is 6.18 Å². The Bertz CT molecular complexity index is 1410. The highest BCUT2D eigenvalue weighted by molar-refractivity contribution is 5.94. The third-order valence-electron chi connectivity index (χ3n) is 5.71. The highest BCUT2D eigenvalue weighted by Crippen LogP contribution is 2.36. The van der Waals surface area contributed by atoms with Crippen LogP contribution in [0.15, 0.2) is 36.9 Å². The average Bonchev–Trinajstić information content (AvgIpc) is 3.32. The molecule has 1 amide bonds. The van der Waals surface area contributed by atoms with Crippen LogP contribution in [0.1, 0.15) is 30.5 Å². The fraction of sp³-hybridized carbons (Fsp3) is 0.348. The molecule has 4 heterocycles. The minimum absolute atomic E-state index is 0.00386. The van der Waals surface area contributed by atoms with Crippen LogP contribution in [-0.2, 0) is 15.7 Å². The number of anilines is 1. The molecule has 1 aliphatic carbocycles. The van der Waals surface area contributed by atoms with Crippen molar-refractivity contribution in [1.29, 1.82) is 0 Å². The number of halogens is 3. The van der Waals surface area contributed by atoms with Gasteiger partial charge in [-0.05, 0) is 38.3 Å². The van der Waals surface area contributed by atoms with Gasteiger partial charge in [0.15, 0.2) is 17.3 Å². The van der Waals surface area contributed by atoms with Crippen molar-refractivity contribution in [1.82, 2.24) is 35.1 Å². The Kier molecular flexibility index (Phi) is 6.65. The molecule has 0 spiro atoms. The topological polar surface area (TPSA) is 141 Å². The van der Waals surface area contributed by atoms with E-state index in [2.05, 4.69) is 40.4 Å². The highest BCUT2D eigenvalue weighted by atomic mass is 19.4. The molecule has 0 unspecified atom stereocenters. The van der Waals surface area contributed by atoms with Crippen LogP contribution in [0, 0.1) is 6.92 Å². The van der Waals surface area contributed by atoms with Crippen molar-refractivity contribution in [3.05, 3.63) is 48.2 Å². The zero-order valence-corrected chi connectivity index (χ0v) is 19.5. The number of rotatable bonds is 8. The largest absolute Gasteiger partial charge is 0.461 e. The first-order valence-corrected chi connectivity index (χ1v) is 11.4. The van der Waals surface area contributed by atoms with E-state index in [-0.39, 0.29) is 41.3 Å². The molecule has 0 bridgehead atoms. The van der Waals surface area contributed by atoms with Crippen molar-refractivity contribution >= 4 is 22.8 Å². The summed E-state index contributed by atoms with van der Waals surface area (Å²) >= 11 is 0. The second kappa shape index (κ2) is 10.0. The van der Waals surface area contributed by atoms with Gasteiger partial charge in [-0.3, -0.25) is 19.9 Å². The number of aromatic nitrogens is 7. The lowest BCUT2D eigenvalue weighted by atomic mass is 9.96. The van der Waals surface area contributed by atoms with Crippen molar-refractivity contribution in [2.24, 2.45) is 0 Å². The van der Waals surface area contributed by atoms with Crippen LogP contribution in [-0.4, -0.2) is 59.8 Å². The van der Waals surface area contributed by atoms with E-state index in [0.29, 0.717) is 5.69 Å². The minimum atomic E-state index is -4.69. The molecule has 4 aromatic rings. The molecule has 11 nitrogen and oxygen atoms in total. The number of H-pyrrole nitrogens is 1. The Morgan fingerprint density at radius 2 is 2.03 bits per heavy atom. The second-order valence-corrected chi connectivity index (χ2v) is 8.41. The maximum atomic E-state index is 13.6. The first kappa shape index (κ1) is 24.5. The fourth-order valence-electron chi connectivity index (χ4n) is 3.54. The number of fused-ring (bicyclic) bond motifs is 1. The summed E-state index contributed by atoms with van der Waals surface area (Å²) in [6.07, 6.45) is 2.29. The number of alkyl halides is 3. The maximum absolute atomic E-state index is 13.6. The lowest BCUT2D eigenvalue weighted by Crippen LogP contribution is -2.39. The molecule has 5 rings (SSSR count). The van der Waals surface area contributed by atoms with E-state index in [9.17, 15) is 18.0 Å². The number of amides is 1. The molecule has 1 atom stereocenters. The molecule has 0 saturated heterocycles. The molecule has 14 heteroatoms. The number of carbonyl (C=O) groups excluding carboxylic acids is 1. The third kappa shape index (κ3) is 5.48. The lowest BCUT2D eigenvalue weighted by molar-refractivity contribution is -0.137. The van der Waals surface area contributed by atoms with Crippen LogP contribution < -0.4 is 10.1 Å². The smallest absolute Gasteiger partial charge is 0.418 e. The number of ether oxygens (including phenoxy) is 2. The first-order chi connectivity index (χ1) is 17.8. The molecule has 192 valence electrons. The van der Waals surface area contributed by atoms with Gasteiger partial charge in [0, 0.05) is 6.20 Å². The monoisotopic (exact) mass is 514 g/mol. The van der Waals surface area contributed by atoms with Crippen LogP contribution in [0.25, 0.3) is 22.6 Å². The minimum Gasteiger partial charge on any atom is -0.461 e. The van der Waals surface area contributed by atoms with E-state index in [1.165, 1.54) is 30.9 Å². The summed E-state index contributed by atoms with van der Waals surface area (Å²) in [6, 6.07) is 2.05. The molecule has 0 radical (unpaired) electrons. The zero-order chi connectivity index (χ0) is 26.0. The molecule has 1 aliphatic rings. The first-order valence-electron chi connectivity index (χ1n) is 11.4. The normalized spacial score (nSPS) is 14.8. The van der Waals surface area contributed by atoms with E-state index in [4.69, 9.17) is 9.47 Å². The summed E-state index contributed by atoms with van der Waals surface area (Å²) in [5.41, 5.74) is -0.719. The molecule has 1 fully saturated rings. The number of pyridine rings is 1. The van der Waals surface area contributed by atoms with Crippen LogP contribution in [0.5, 0.6) is 5.88 Å². The average molecular weight is 514 g/mol. The van der Waals surface area contributed by atoms with Gasteiger partial charge in [-0.1, -0.05) is 0 Å². The molecular weight excluding hydrogens is 493 g/mol. The van der Waals surface area contributed by atoms with E-state index in [0.717, 1.165) is 25.3 Å². The third-order valence-corrected chi connectivity index (χ3v) is 5.71. The Hall–Kier alpha value is -4.20. The number of aromatic amines is 1. The van der Waals surface area contributed by atoms with Crippen LogP contribution >= 0.6 is 0 Å². The molecule has 0 aliphatic heterocycles. The van der Waals surface area contributed by atoms with Gasteiger partial charge in [-0.15, -0.1) is 0 Å². The van der Waals surface area contributed by atoms with Gasteiger partial charge in [0.25, 0.3) is 5.91 Å². The van der Waals surface area contributed by atoms with Gasteiger partial charge in [-0.25, -0.2) is 9.97 Å². The number of nitrogens with one attached hydrogen (secondary N) is 2. The van der Waals surface area contributed by atoms with Gasteiger partial charge in [0.1, 0.15) is 11.1 Å². The summed E-state index contributed by atoms with van der Waals surface area (Å²) in [6.45, 7) is 1.64. The second-order valence-electron chi connectivity index (χ2n) is 8.41. The van der Waals surface area contributed by atoms with Crippen LogP contribution in [0.4, 0.5) is 19.0 Å². The van der Waals surface area contributed by atoms with Crippen molar-refractivity contribution in [2.75, 3.05) is 11.9 Å². The fourth-order valence-corrected chi connectivity index (χ4v) is 3.54. The highest BCUT2D eigenvalue weighted by Gasteiger charge is 2.36. The van der Waals surface area contributed by atoms with E-state index >= 15 is 0 Å². The number of hydrogen-bond acceptors (Lipinski definition) is 9. The van der Waals surface area contributed by atoms with E-state index < -0.39 is 29.4 Å². The number of aryl methyl sites for hydroxylation is 1. The molecular formula is C23H21F3N8O3. The zero-order valence-electron chi connectivity index (χ0n) is 19.5. The van der Waals surface area contributed by atoms with Crippen molar-refractivity contribution < 1.29 is 27.4 Å². The van der Waals surface area contributed by atoms with E-state index in [1.54, 1.807) is 6.92 Å². The number of nitrogens with zero attached hydrogens (tertiary/aromatic N) is 6. The summed E-state index contributed by atoms with van der Waals surface area (Å²) < 4.78 is 52.6. The quantitative estimate of drug-likeness (QED) is 0.361.